The van der Waals surface area contributed by atoms with Crippen LogP contribution in [0.5, 0.6) is 5.75 Å². The van der Waals surface area contributed by atoms with E-state index < -0.39 is 0 Å². The molecular weight excluding hydrogens is 306 g/mol. The lowest BCUT2D eigenvalue weighted by Crippen LogP contribution is -2.45. The summed E-state index contributed by atoms with van der Waals surface area (Å²) in [6, 6.07) is 6.01. The van der Waals surface area contributed by atoms with E-state index >= 15 is 0 Å². The number of nitrogens with two attached hydrogens (primary N) is 1. The molecule has 1 aliphatic rings. The topological polar surface area (TPSA) is 44.5 Å². The quantitative estimate of drug-likeness (QED) is 0.918. The fourth-order valence-electron chi connectivity index (χ4n) is 2.87. The number of hydrogen-bond acceptors (Lipinski definition) is 3. The van der Waals surface area contributed by atoms with Crippen molar-refractivity contribution in [3.05, 3.63) is 28.2 Å². The molecule has 19 heavy (non-hydrogen) atoms. The number of benzene rings is 1. The van der Waals surface area contributed by atoms with Gasteiger partial charge in [-0.2, -0.15) is 0 Å². The molecule has 106 valence electrons. The lowest BCUT2D eigenvalue weighted by molar-refractivity contribution is -0.0580. The molecule has 2 unspecified atom stereocenters. The van der Waals surface area contributed by atoms with Gasteiger partial charge in [0, 0.05) is 36.0 Å². The van der Waals surface area contributed by atoms with Crippen LogP contribution in [0.2, 0.25) is 0 Å². The van der Waals surface area contributed by atoms with E-state index in [0.29, 0.717) is 0 Å². The Balaban J connectivity index is 2.27. The van der Waals surface area contributed by atoms with Gasteiger partial charge in [0.2, 0.25) is 0 Å². The molecule has 1 aliphatic heterocycles. The Hall–Kier alpha value is -0.580. The predicted octanol–water partition coefficient (Wildman–Crippen LogP) is 3.81. The molecule has 0 saturated heterocycles. The van der Waals surface area contributed by atoms with Crippen LogP contribution in [0.1, 0.15) is 45.2 Å². The van der Waals surface area contributed by atoms with Crippen molar-refractivity contribution in [2.75, 3.05) is 7.11 Å². The molecule has 0 amide bonds. The number of hydrogen-bond donors (Lipinski definition) is 1. The molecule has 2 atom stereocenters. The van der Waals surface area contributed by atoms with Crippen LogP contribution in [0.3, 0.4) is 0 Å². The predicted molar refractivity (Wildman–Crippen MR) is 80.4 cm³/mol. The number of ether oxygens (including phenoxy) is 2. The Morgan fingerprint density at radius 1 is 1.53 bits per heavy atom. The van der Waals surface area contributed by atoms with Gasteiger partial charge in [-0.15, -0.1) is 0 Å². The van der Waals surface area contributed by atoms with Gasteiger partial charge in [-0.05, 0) is 39.0 Å². The molecule has 1 aromatic carbocycles. The van der Waals surface area contributed by atoms with Crippen LogP contribution < -0.4 is 10.5 Å². The maximum atomic E-state index is 6.31. The van der Waals surface area contributed by atoms with Crippen LogP contribution >= 0.6 is 15.9 Å². The highest BCUT2D eigenvalue weighted by atomic mass is 79.9. The summed E-state index contributed by atoms with van der Waals surface area (Å²) in [5.74, 6) is 0.886. The van der Waals surface area contributed by atoms with Crippen molar-refractivity contribution in [3.63, 3.8) is 0 Å². The van der Waals surface area contributed by atoms with E-state index in [-0.39, 0.29) is 17.2 Å². The van der Waals surface area contributed by atoms with Crippen LogP contribution in [0.25, 0.3) is 0 Å². The number of rotatable bonds is 3. The summed E-state index contributed by atoms with van der Waals surface area (Å²) in [7, 11) is 1.73. The minimum atomic E-state index is -0.292. The maximum absolute atomic E-state index is 6.31. The molecule has 1 heterocycles. The van der Waals surface area contributed by atoms with Gasteiger partial charge >= 0.3 is 0 Å². The lowest BCUT2D eigenvalue weighted by Gasteiger charge is -2.42. The van der Waals surface area contributed by atoms with Crippen LogP contribution in [0.4, 0.5) is 0 Å². The minimum Gasteiger partial charge on any atom is -0.487 e. The van der Waals surface area contributed by atoms with E-state index in [9.17, 15) is 0 Å². The van der Waals surface area contributed by atoms with E-state index in [0.717, 1.165) is 28.6 Å². The van der Waals surface area contributed by atoms with Crippen molar-refractivity contribution >= 4 is 15.9 Å². The number of fused-ring (bicyclic) bond motifs is 1. The van der Waals surface area contributed by atoms with Gasteiger partial charge in [0.05, 0.1) is 5.60 Å². The van der Waals surface area contributed by atoms with Crippen molar-refractivity contribution in [2.24, 2.45) is 5.73 Å². The van der Waals surface area contributed by atoms with Crippen LogP contribution in [0.15, 0.2) is 22.7 Å². The summed E-state index contributed by atoms with van der Waals surface area (Å²) < 4.78 is 12.8. The number of halogens is 1. The van der Waals surface area contributed by atoms with E-state index in [4.69, 9.17) is 15.2 Å². The Morgan fingerprint density at radius 2 is 2.21 bits per heavy atom. The largest absolute Gasteiger partial charge is 0.487 e. The van der Waals surface area contributed by atoms with Crippen molar-refractivity contribution in [1.82, 2.24) is 0 Å². The summed E-state index contributed by atoms with van der Waals surface area (Å²) in [6.07, 6.45) is 1.60. The van der Waals surface area contributed by atoms with Gasteiger partial charge in [-0.1, -0.05) is 15.9 Å². The van der Waals surface area contributed by atoms with Crippen LogP contribution in [-0.2, 0) is 4.74 Å². The van der Waals surface area contributed by atoms with Gasteiger partial charge in [0.15, 0.2) is 0 Å². The third kappa shape index (κ3) is 3.30. The molecule has 3 nitrogen and oxygen atoms in total. The first-order valence-corrected chi connectivity index (χ1v) is 7.33. The molecule has 0 bridgehead atoms. The molecule has 1 aromatic rings. The molecule has 4 heteroatoms. The van der Waals surface area contributed by atoms with Gasteiger partial charge in [0.1, 0.15) is 11.4 Å². The summed E-state index contributed by atoms with van der Waals surface area (Å²) in [5.41, 5.74) is 6.87. The Kier molecular flexibility index (Phi) is 3.96. The second-order valence-electron chi connectivity index (χ2n) is 6.19. The highest BCUT2D eigenvalue weighted by Gasteiger charge is 2.40. The Bertz CT molecular complexity index is 475. The van der Waals surface area contributed by atoms with E-state index in [1.54, 1.807) is 7.11 Å². The molecule has 0 aliphatic carbocycles. The third-order valence-electron chi connectivity index (χ3n) is 3.73. The SMILES string of the molecule is COC(C)(C)CC1(C)CC(N)c2cc(Br)ccc2O1. The van der Waals surface area contributed by atoms with Crippen molar-refractivity contribution in [3.8, 4) is 5.75 Å². The second kappa shape index (κ2) is 5.08. The van der Waals surface area contributed by atoms with Gasteiger partial charge < -0.3 is 15.2 Å². The van der Waals surface area contributed by atoms with E-state index in [1.807, 2.05) is 18.2 Å². The molecule has 2 N–H and O–H groups in total. The zero-order valence-corrected chi connectivity index (χ0v) is 13.6. The highest BCUT2D eigenvalue weighted by molar-refractivity contribution is 9.10. The van der Waals surface area contributed by atoms with Crippen LogP contribution in [-0.4, -0.2) is 18.3 Å². The summed E-state index contributed by atoms with van der Waals surface area (Å²) >= 11 is 3.48. The van der Waals surface area contributed by atoms with Crippen molar-refractivity contribution < 1.29 is 9.47 Å². The van der Waals surface area contributed by atoms with E-state index in [1.165, 1.54) is 0 Å². The zero-order chi connectivity index (χ0) is 14.3. The first-order chi connectivity index (χ1) is 8.75. The highest BCUT2D eigenvalue weighted by Crippen LogP contribution is 2.42. The van der Waals surface area contributed by atoms with Crippen molar-refractivity contribution in [1.29, 1.82) is 0 Å². The second-order valence-corrected chi connectivity index (χ2v) is 7.10. The fraction of sp³-hybridized carbons (Fsp3) is 0.600. The lowest BCUT2D eigenvalue weighted by atomic mass is 9.82. The molecule has 0 spiro atoms. The zero-order valence-electron chi connectivity index (χ0n) is 12.0. The normalized spacial score (nSPS) is 26.7. The maximum Gasteiger partial charge on any atom is 0.124 e. The molecule has 2 rings (SSSR count). The summed E-state index contributed by atoms with van der Waals surface area (Å²) in [6.45, 7) is 6.26. The molecule has 0 fully saturated rings. The monoisotopic (exact) mass is 327 g/mol. The first kappa shape index (κ1) is 14.8. The smallest absolute Gasteiger partial charge is 0.124 e. The van der Waals surface area contributed by atoms with Gasteiger partial charge in [-0.3, -0.25) is 0 Å². The first-order valence-electron chi connectivity index (χ1n) is 6.54. The molecule has 0 saturated carbocycles. The Labute approximate surface area is 123 Å². The number of methoxy groups -OCH3 is 1. The average molecular weight is 328 g/mol. The van der Waals surface area contributed by atoms with Gasteiger partial charge in [-0.25, -0.2) is 0 Å². The van der Waals surface area contributed by atoms with Gasteiger partial charge in [0.25, 0.3) is 0 Å². The molecule has 0 aromatic heterocycles. The van der Waals surface area contributed by atoms with E-state index in [2.05, 4.69) is 36.7 Å². The summed E-state index contributed by atoms with van der Waals surface area (Å²) in [5, 5.41) is 0. The average Bonchev–Trinajstić information content (AvgIpc) is 2.29. The molecule has 0 radical (unpaired) electrons. The van der Waals surface area contributed by atoms with Crippen LogP contribution in [0, 0.1) is 0 Å². The van der Waals surface area contributed by atoms with Crippen molar-refractivity contribution in [2.45, 2.75) is 50.9 Å². The Morgan fingerprint density at radius 3 is 2.84 bits per heavy atom. The summed E-state index contributed by atoms with van der Waals surface area (Å²) in [4.78, 5) is 0. The standard InChI is InChI=1S/C15H22BrNO2/c1-14(2,18-4)9-15(3)8-12(17)11-7-10(16)5-6-13(11)19-15/h5-7,12H,8-9,17H2,1-4H3. The fourth-order valence-corrected chi connectivity index (χ4v) is 3.24. The minimum absolute atomic E-state index is 0.00101. The third-order valence-corrected chi connectivity index (χ3v) is 4.22. The molecular formula is C15H22BrNO2.